The Balaban J connectivity index is 1.84. The van der Waals surface area contributed by atoms with Crippen LogP contribution in [-0.4, -0.2) is 31.1 Å². The highest BCUT2D eigenvalue weighted by Gasteiger charge is 2.43. The first-order chi connectivity index (χ1) is 7.05. The largest absolute Gasteiger partial charge is 0.330 e. The quantitative estimate of drug-likeness (QED) is 0.771. The molecule has 1 aliphatic carbocycles. The summed E-state index contributed by atoms with van der Waals surface area (Å²) in [6.07, 6.45) is 6.85. The monoisotopic (exact) mass is 210 g/mol. The molecule has 0 unspecified atom stereocenters. The number of nitrogens with zero attached hydrogens (tertiary/aromatic N) is 1. The summed E-state index contributed by atoms with van der Waals surface area (Å²) < 4.78 is 0. The van der Waals surface area contributed by atoms with Crippen LogP contribution in [0, 0.1) is 10.8 Å². The van der Waals surface area contributed by atoms with Crippen molar-refractivity contribution in [2.75, 3.05) is 26.2 Å². The van der Waals surface area contributed by atoms with E-state index in [-0.39, 0.29) is 0 Å². The minimum Gasteiger partial charge on any atom is -0.330 e. The van der Waals surface area contributed by atoms with E-state index in [0.29, 0.717) is 10.8 Å². The highest BCUT2D eigenvalue weighted by molar-refractivity contribution is 4.96. The smallest absolute Gasteiger partial charge is 0.00387 e. The number of hydrogen-bond donors (Lipinski definition) is 1. The summed E-state index contributed by atoms with van der Waals surface area (Å²) in [6, 6.07) is 0. The second-order valence-corrected chi connectivity index (χ2v) is 6.52. The van der Waals surface area contributed by atoms with E-state index < -0.39 is 0 Å². The molecule has 0 spiro atoms. The molecule has 0 aromatic rings. The van der Waals surface area contributed by atoms with Crippen LogP contribution in [0.4, 0.5) is 0 Å². The zero-order chi connectivity index (χ0) is 10.9. The molecule has 2 rings (SSSR count). The number of nitrogens with two attached hydrogens (primary N) is 1. The van der Waals surface area contributed by atoms with Crippen molar-refractivity contribution in [2.45, 2.75) is 46.0 Å². The van der Waals surface area contributed by atoms with Crippen molar-refractivity contribution >= 4 is 0 Å². The zero-order valence-corrected chi connectivity index (χ0v) is 10.4. The molecule has 88 valence electrons. The first-order valence-corrected chi connectivity index (χ1v) is 6.48. The van der Waals surface area contributed by atoms with E-state index >= 15 is 0 Å². The fourth-order valence-corrected chi connectivity index (χ4v) is 3.12. The Kier molecular flexibility index (Phi) is 3.09. The maximum Gasteiger partial charge on any atom is 0.00387 e. The van der Waals surface area contributed by atoms with Gasteiger partial charge in [0.2, 0.25) is 0 Å². The summed E-state index contributed by atoms with van der Waals surface area (Å²) in [5.41, 5.74) is 6.86. The highest BCUT2D eigenvalue weighted by atomic mass is 15.1. The van der Waals surface area contributed by atoms with Gasteiger partial charge in [-0.25, -0.2) is 0 Å². The van der Waals surface area contributed by atoms with Crippen LogP contribution in [0.3, 0.4) is 0 Å². The van der Waals surface area contributed by atoms with Crippen LogP contribution in [-0.2, 0) is 0 Å². The van der Waals surface area contributed by atoms with Crippen LogP contribution < -0.4 is 5.73 Å². The number of likely N-dealkylation sites (tertiary alicyclic amines) is 1. The van der Waals surface area contributed by atoms with Gasteiger partial charge in [-0.1, -0.05) is 13.8 Å². The maximum atomic E-state index is 5.69. The molecule has 1 heterocycles. The standard InChI is InChI=1S/C13H26N2/c1-12(2)4-3-9-15(10-12)11-13(5-6-13)7-8-14/h3-11,14H2,1-2H3. The van der Waals surface area contributed by atoms with E-state index in [9.17, 15) is 0 Å². The minimum absolute atomic E-state index is 0.539. The predicted molar refractivity (Wildman–Crippen MR) is 64.8 cm³/mol. The Morgan fingerprint density at radius 2 is 1.93 bits per heavy atom. The molecule has 0 aromatic heterocycles. The van der Waals surface area contributed by atoms with Crippen molar-refractivity contribution in [3.63, 3.8) is 0 Å². The molecule has 2 aliphatic rings. The summed E-state index contributed by atoms with van der Waals surface area (Å²) in [5, 5.41) is 0. The van der Waals surface area contributed by atoms with Crippen molar-refractivity contribution in [3.8, 4) is 0 Å². The third-order valence-electron chi connectivity index (χ3n) is 4.17. The molecule has 0 aromatic carbocycles. The van der Waals surface area contributed by atoms with Gasteiger partial charge in [0, 0.05) is 13.1 Å². The van der Waals surface area contributed by atoms with Crippen molar-refractivity contribution < 1.29 is 0 Å². The zero-order valence-electron chi connectivity index (χ0n) is 10.4. The Morgan fingerprint density at radius 1 is 1.20 bits per heavy atom. The maximum absolute atomic E-state index is 5.69. The molecular weight excluding hydrogens is 184 g/mol. The van der Waals surface area contributed by atoms with E-state index in [1.54, 1.807) is 0 Å². The van der Waals surface area contributed by atoms with Crippen molar-refractivity contribution in [3.05, 3.63) is 0 Å². The summed E-state index contributed by atoms with van der Waals surface area (Å²) in [4.78, 5) is 2.69. The number of hydrogen-bond acceptors (Lipinski definition) is 2. The lowest BCUT2D eigenvalue weighted by atomic mass is 9.83. The molecule has 2 heteroatoms. The van der Waals surface area contributed by atoms with Crippen LogP contribution in [0.5, 0.6) is 0 Å². The summed E-state index contributed by atoms with van der Waals surface area (Å²) in [7, 11) is 0. The lowest BCUT2D eigenvalue weighted by Gasteiger charge is -2.39. The van der Waals surface area contributed by atoms with Gasteiger partial charge in [0.05, 0.1) is 0 Å². The van der Waals surface area contributed by atoms with Gasteiger partial charge in [0.1, 0.15) is 0 Å². The molecule has 0 amide bonds. The molecule has 1 saturated heterocycles. The summed E-state index contributed by atoms with van der Waals surface area (Å²) in [6.45, 7) is 9.60. The number of rotatable bonds is 4. The second-order valence-electron chi connectivity index (χ2n) is 6.52. The Bertz CT molecular complexity index is 219. The molecule has 2 N–H and O–H groups in total. The third kappa shape index (κ3) is 2.94. The average molecular weight is 210 g/mol. The van der Waals surface area contributed by atoms with E-state index in [0.717, 1.165) is 6.54 Å². The third-order valence-corrected chi connectivity index (χ3v) is 4.17. The fraction of sp³-hybridized carbons (Fsp3) is 1.00. The van der Waals surface area contributed by atoms with Crippen molar-refractivity contribution in [1.82, 2.24) is 4.90 Å². The normalized spacial score (nSPS) is 29.0. The van der Waals surface area contributed by atoms with Gasteiger partial charge < -0.3 is 10.6 Å². The van der Waals surface area contributed by atoms with Gasteiger partial charge in [-0.15, -0.1) is 0 Å². The van der Waals surface area contributed by atoms with Crippen LogP contribution in [0.2, 0.25) is 0 Å². The van der Waals surface area contributed by atoms with E-state index in [2.05, 4.69) is 18.7 Å². The molecule has 2 nitrogen and oxygen atoms in total. The van der Waals surface area contributed by atoms with Crippen LogP contribution >= 0.6 is 0 Å². The SMILES string of the molecule is CC1(C)CCCN(CC2(CCN)CC2)C1. The molecule has 2 fully saturated rings. The average Bonchev–Trinajstić information content (AvgIpc) is 2.83. The number of piperidine rings is 1. The van der Waals surface area contributed by atoms with Crippen LogP contribution in [0.1, 0.15) is 46.0 Å². The Labute approximate surface area is 94.2 Å². The van der Waals surface area contributed by atoms with Crippen molar-refractivity contribution in [1.29, 1.82) is 0 Å². The summed E-state index contributed by atoms with van der Waals surface area (Å²) >= 11 is 0. The highest BCUT2D eigenvalue weighted by Crippen LogP contribution is 2.49. The Morgan fingerprint density at radius 3 is 2.47 bits per heavy atom. The first kappa shape index (κ1) is 11.4. The summed E-state index contributed by atoms with van der Waals surface area (Å²) in [5.74, 6) is 0. The fourth-order valence-electron chi connectivity index (χ4n) is 3.12. The molecule has 0 atom stereocenters. The van der Waals surface area contributed by atoms with Crippen LogP contribution in [0.25, 0.3) is 0 Å². The Hall–Kier alpha value is -0.0800. The lowest BCUT2D eigenvalue weighted by Crippen LogP contribution is -2.43. The van der Waals surface area contributed by atoms with E-state index in [4.69, 9.17) is 5.73 Å². The van der Waals surface area contributed by atoms with Crippen LogP contribution in [0.15, 0.2) is 0 Å². The predicted octanol–water partition coefficient (Wildman–Crippen LogP) is 2.24. The van der Waals surface area contributed by atoms with Gasteiger partial charge in [0.15, 0.2) is 0 Å². The van der Waals surface area contributed by atoms with Crippen molar-refractivity contribution in [2.24, 2.45) is 16.6 Å². The lowest BCUT2D eigenvalue weighted by molar-refractivity contribution is 0.0955. The van der Waals surface area contributed by atoms with Gasteiger partial charge in [0.25, 0.3) is 0 Å². The first-order valence-electron chi connectivity index (χ1n) is 6.48. The molecular formula is C13H26N2. The van der Waals surface area contributed by atoms with E-state index in [1.165, 1.54) is 51.7 Å². The van der Waals surface area contributed by atoms with Gasteiger partial charge in [-0.05, 0) is 56.0 Å². The molecule has 0 bridgehead atoms. The minimum atomic E-state index is 0.539. The molecule has 1 saturated carbocycles. The van der Waals surface area contributed by atoms with Gasteiger partial charge >= 0.3 is 0 Å². The molecule has 15 heavy (non-hydrogen) atoms. The molecule has 0 radical (unpaired) electrons. The second kappa shape index (κ2) is 4.06. The molecule has 1 aliphatic heterocycles. The van der Waals surface area contributed by atoms with Gasteiger partial charge in [-0.3, -0.25) is 0 Å². The van der Waals surface area contributed by atoms with Gasteiger partial charge in [-0.2, -0.15) is 0 Å². The topological polar surface area (TPSA) is 29.3 Å². The van der Waals surface area contributed by atoms with E-state index in [1.807, 2.05) is 0 Å².